The Bertz CT molecular complexity index is 245. The quantitative estimate of drug-likeness (QED) is 0.765. The van der Waals surface area contributed by atoms with Crippen LogP contribution >= 0.6 is 0 Å². The highest BCUT2D eigenvalue weighted by Crippen LogP contribution is 2.24. The minimum Gasteiger partial charge on any atom is -0.389 e. The van der Waals surface area contributed by atoms with Crippen molar-refractivity contribution in [2.24, 2.45) is 5.41 Å². The van der Waals surface area contributed by atoms with Crippen molar-refractivity contribution in [3.05, 3.63) is 0 Å². The summed E-state index contributed by atoms with van der Waals surface area (Å²) in [5.74, 6) is 0. The van der Waals surface area contributed by atoms with Gasteiger partial charge in [0, 0.05) is 19.1 Å². The lowest BCUT2D eigenvalue weighted by Crippen LogP contribution is -2.43. The maximum atomic E-state index is 9.97. The average molecular weight is 256 g/mol. The molecule has 0 radical (unpaired) electrons. The molecule has 18 heavy (non-hydrogen) atoms. The lowest BCUT2D eigenvalue weighted by atomic mass is 9.84. The van der Waals surface area contributed by atoms with Gasteiger partial charge < -0.3 is 15.3 Å². The SMILES string of the molecule is CCCNC(CCN1CCC(C)(O)C1)C(C)(C)C. The molecule has 1 aliphatic rings. The van der Waals surface area contributed by atoms with Crippen molar-refractivity contribution < 1.29 is 5.11 Å². The number of nitrogens with zero attached hydrogens (tertiary/aromatic N) is 1. The van der Waals surface area contributed by atoms with Crippen molar-refractivity contribution in [1.29, 1.82) is 0 Å². The molecule has 0 saturated carbocycles. The molecule has 0 bridgehead atoms. The summed E-state index contributed by atoms with van der Waals surface area (Å²) in [5.41, 5.74) is -0.161. The Balaban J connectivity index is 2.38. The van der Waals surface area contributed by atoms with Crippen LogP contribution in [0, 0.1) is 5.41 Å². The third-order valence-electron chi connectivity index (χ3n) is 3.95. The summed E-state index contributed by atoms with van der Waals surface area (Å²) in [6.07, 6.45) is 3.26. The number of hydrogen-bond donors (Lipinski definition) is 2. The molecule has 0 aromatic carbocycles. The zero-order valence-electron chi connectivity index (χ0n) is 12.9. The van der Waals surface area contributed by atoms with E-state index < -0.39 is 5.60 Å². The zero-order chi connectivity index (χ0) is 13.8. The van der Waals surface area contributed by atoms with Crippen LogP contribution in [0.2, 0.25) is 0 Å². The predicted molar refractivity (Wildman–Crippen MR) is 77.8 cm³/mol. The Morgan fingerprint density at radius 2 is 2.06 bits per heavy atom. The van der Waals surface area contributed by atoms with Crippen LogP contribution in [0.1, 0.15) is 53.9 Å². The maximum absolute atomic E-state index is 9.97. The van der Waals surface area contributed by atoms with Crippen molar-refractivity contribution in [2.45, 2.75) is 65.5 Å². The molecule has 1 rings (SSSR count). The van der Waals surface area contributed by atoms with Gasteiger partial charge in [0.15, 0.2) is 0 Å². The highest BCUT2D eigenvalue weighted by Gasteiger charge is 2.32. The van der Waals surface area contributed by atoms with Gasteiger partial charge in [0.1, 0.15) is 0 Å². The van der Waals surface area contributed by atoms with Gasteiger partial charge in [0.05, 0.1) is 5.60 Å². The molecule has 1 heterocycles. The van der Waals surface area contributed by atoms with Crippen LogP contribution < -0.4 is 5.32 Å². The number of hydrogen-bond acceptors (Lipinski definition) is 3. The average Bonchev–Trinajstić information content (AvgIpc) is 2.56. The Kier molecular flexibility index (Phi) is 5.63. The van der Waals surface area contributed by atoms with Crippen molar-refractivity contribution in [2.75, 3.05) is 26.2 Å². The van der Waals surface area contributed by atoms with E-state index in [-0.39, 0.29) is 0 Å². The van der Waals surface area contributed by atoms with Crippen LogP contribution in [-0.2, 0) is 0 Å². The highest BCUT2D eigenvalue weighted by molar-refractivity contribution is 4.88. The van der Waals surface area contributed by atoms with E-state index in [4.69, 9.17) is 0 Å². The normalized spacial score (nSPS) is 27.7. The molecule has 0 spiro atoms. The molecule has 0 aliphatic carbocycles. The molecule has 1 saturated heterocycles. The van der Waals surface area contributed by atoms with Gasteiger partial charge in [-0.25, -0.2) is 0 Å². The first-order chi connectivity index (χ1) is 8.24. The van der Waals surface area contributed by atoms with Crippen molar-refractivity contribution in [3.8, 4) is 0 Å². The van der Waals surface area contributed by atoms with Gasteiger partial charge in [-0.15, -0.1) is 0 Å². The summed E-state index contributed by atoms with van der Waals surface area (Å²) in [5, 5.41) is 13.6. The monoisotopic (exact) mass is 256 g/mol. The molecule has 2 N–H and O–H groups in total. The van der Waals surface area contributed by atoms with Crippen LogP contribution in [0.4, 0.5) is 0 Å². The Morgan fingerprint density at radius 3 is 2.50 bits per heavy atom. The van der Waals surface area contributed by atoms with Crippen LogP contribution in [0.25, 0.3) is 0 Å². The highest BCUT2D eigenvalue weighted by atomic mass is 16.3. The Hall–Kier alpha value is -0.120. The van der Waals surface area contributed by atoms with Crippen LogP contribution in [0.15, 0.2) is 0 Å². The molecule has 2 atom stereocenters. The number of aliphatic hydroxyl groups is 1. The van der Waals surface area contributed by atoms with Crippen LogP contribution in [0.5, 0.6) is 0 Å². The molecule has 2 unspecified atom stereocenters. The number of nitrogens with one attached hydrogen (secondary N) is 1. The number of rotatable bonds is 6. The number of β-amino-alcohol motifs (C(OH)–C–C–N with tert-alkyl or cyclic N) is 1. The van der Waals surface area contributed by atoms with Gasteiger partial charge in [-0.1, -0.05) is 27.7 Å². The predicted octanol–water partition coefficient (Wildman–Crippen LogP) is 2.25. The van der Waals surface area contributed by atoms with Crippen molar-refractivity contribution in [3.63, 3.8) is 0 Å². The van der Waals surface area contributed by atoms with E-state index in [1.165, 1.54) is 12.8 Å². The topological polar surface area (TPSA) is 35.5 Å². The van der Waals surface area contributed by atoms with Gasteiger partial charge in [0.2, 0.25) is 0 Å². The lowest BCUT2D eigenvalue weighted by molar-refractivity contribution is 0.0675. The van der Waals surface area contributed by atoms with Gasteiger partial charge >= 0.3 is 0 Å². The zero-order valence-corrected chi connectivity index (χ0v) is 12.9. The minimum absolute atomic E-state index is 0.303. The van der Waals surface area contributed by atoms with E-state index in [9.17, 15) is 5.11 Å². The summed E-state index contributed by atoms with van der Waals surface area (Å²) in [6, 6.07) is 0.558. The molecule has 108 valence electrons. The summed E-state index contributed by atoms with van der Waals surface area (Å²) < 4.78 is 0. The first-order valence-corrected chi connectivity index (χ1v) is 7.43. The molecular weight excluding hydrogens is 224 g/mol. The van der Waals surface area contributed by atoms with E-state index in [2.05, 4.69) is 37.9 Å². The second-order valence-corrected chi connectivity index (χ2v) is 7.18. The summed E-state index contributed by atoms with van der Waals surface area (Å²) in [7, 11) is 0. The molecular formula is C15H32N2O. The molecule has 3 heteroatoms. The summed E-state index contributed by atoms with van der Waals surface area (Å²) in [4.78, 5) is 2.40. The maximum Gasteiger partial charge on any atom is 0.0758 e. The van der Waals surface area contributed by atoms with Crippen LogP contribution in [-0.4, -0.2) is 47.8 Å². The second kappa shape index (κ2) is 6.36. The largest absolute Gasteiger partial charge is 0.389 e. The fourth-order valence-electron chi connectivity index (χ4n) is 2.70. The van der Waals surface area contributed by atoms with E-state index in [0.717, 1.165) is 32.6 Å². The smallest absolute Gasteiger partial charge is 0.0758 e. The molecule has 0 amide bonds. The molecule has 0 aromatic heterocycles. The third-order valence-corrected chi connectivity index (χ3v) is 3.95. The molecule has 3 nitrogen and oxygen atoms in total. The van der Waals surface area contributed by atoms with Gasteiger partial charge in [-0.3, -0.25) is 0 Å². The first-order valence-electron chi connectivity index (χ1n) is 7.43. The van der Waals surface area contributed by atoms with Gasteiger partial charge in [-0.05, 0) is 44.7 Å². The fraction of sp³-hybridized carbons (Fsp3) is 1.00. The summed E-state index contributed by atoms with van der Waals surface area (Å²) in [6.45, 7) is 15.1. The Labute approximate surface area is 113 Å². The number of likely N-dealkylation sites (tertiary alicyclic amines) is 1. The van der Waals surface area contributed by atoms with Gasteiger partial charge in [0.25, 0.3) is 0 Å². The molecule has 1 aliphatic heterocycles. The van der Waals surface area contributed by atoms with Crippen molar-refractivity contribution >= 4 is 0 Å². The standard InChI is InChI=1S/C15H32N2O/c1-6-9-16-13(14(2,3)4)7-10-17-11-8-15(5,18)12-17/h13,16,18H,6-12H2,1-5H3. The molecule has 0 aromatic rings. The van der Waals surface area contributed by atoms with Crippen LogP contribution in [0.3, 0.4) is 0 Å². The minimum atomic E-state index is -0.464. The van der Waals surface area contributed by atoms with E-state index >= 15 is 0 Å². The van der Waals surface area contributed by atoms with E-state index in [1.807, 2.05) is 6.92 Å². The third kappa shape index (κ3) is 5.25. The summed E-state index contributed by atoms with van der Waals surface area (Å²) >= 11 is 0. The Morgan fingerprint density at radius 1 is 1.39 bits per heavy atom. The molecule has 1 fully saturated rings. The van der Waals surface area contributed by atoms with Gasteiger partial charge in [-0.2, -0.15) is 0 Å². The lowest BCUT2D eigenvalue weighted by Gasteiger charge is -2.33. The van der Waals surface area contributed by atoms with E-state index in [0.29, 0.717) is 11.5 Å². The van der Waals surface area contributed by atoms with E-state index in [1.54, 1.807) is 0 Å². The van der Waals surface area contributed by atoms with Crippen molar-refractivity contribution in [1.82, 2.24) is 10.2 Å². The fourth-order valence-corrected chi connectivity index (χ4v) is 2.70. The first kappa shape index (κ1) is 15.9. The second-order valence-electron chi connectivity index (χ2n) is 7.18.